The highest BCUT2D eigenvalue weighted by Gasteiger charge is 2.31. The molecule has 0 aliphatic heterocycles. The fourth-order valence-corrected chi connectivity index (χ4v) is 2.19. The topological polar surface area (TPSA) is 73.6 Å². The molecule has 0 saturated carbocycles. The molecule has 0 fully saturated rings. The highest BCUT2D eigenvalue weighted by atomic mass is 19.4. The van der Waals surface area contributed by atoms with Crippen LogP contribution in [0, 0.1) is 0 Å². The zero-order valence-corrected chi connectivity index (χ0v) is 14.1. The lowest BCUT2D eigenvalue weighted by molar-refractivity contribution is -0.137. The van der Waals surface area contributed by atoms with Crippen molar-refractivity contribution in [3.8, 4) is 5.75 Å². The van der Waals surface area contributed by atoms with E-state index in [0.29, 0.717) is 19.0 Å². The molecule has 0 saturated heterocycles. The summed E-state index contributed by atoms with van der Waals surface area (Å²) in [6, 6.07) is 9.49. The Hall–Kier alpha value is -2.58. The van der Waals surface area contributed by atoms with E-state index in [4.69, 9.17) is 15.2 Å². The van der Waals surface area contributed by atoms with E-state index in [2.05, 4.69) is 5.32 Å². The number of benzene rings is 2. The first-order chi connectivity index (χ1) is 12.3. The van der Waals surface area contributed by atoms with Crippen LogP contribution in [0.2, 0.25) is 0 Å². The van der Waals surface area contributed by atoms with Crippen molar-refractivity contribution in [3.05, 3.63) is 59.2 Å². The number of nitrogens with two attached hydrogens (primary N) is 1. The van der Waals surface area contributed by atoms with Gasteiger partial charge in [-0.3, -0.25) is 4.79 Å². The Morgan fingerprint density at radius 1 is 1.12 bits per heavy atom. The monoisotopic (exact) mass is 368 g/mol. The zero-order valence-electron chi connectivity index (χ0n) is 14.1. The predicted molar refractivity (Wildman–Crippen MR) is 91.1 cm³/mol. The Bertz CT molecular complexity index is 746. The van der Waals surface area contributed by atoms with E-state index < -0.39 is 17.6 Å². The SMILES string of the molecule is COCCOc1ccc(C(=O)Nc2cc(CN)cc(C(F)(F)F)c2)cc1. The fourth-order valence-electron chi connectivity index (χ4n) is 2.19. The number of hydrogen-bond acceptors (Lipinski definition) is 4. The van der Waals surface area contributed by atoms with Crippen molar-refractivity contribution in [3.63, 3.8) is 0 Å². The van der Waals surface area contributed by atoms with Crippen LogP contribution in [0.15, 0.2) is 42.5 Å². The minimum absolute atomic E-state index is 0.0331. The molecule has 0 aromatic heterocycles. The molecule has 2 aromatic rings. The third kappa shape index (κ3) is 5.47. The Morgan fingerprint density at radius 3 is 2.38 bits per heavy atom. The molecule has 0 atom stereocenters. The Morgan fingerprint density at radius 2 is 1.81 bits per heavy atom. The van der Waals surface area contributed by atoms with E-state index in [0.717, 1.165) is 12.1 Å². The third-order valence-corrected chi connectivity index (χ3v) is 3.49. The van der Waals surface area contributed by atoms with Gasteiger partial charge in [0.1, 0.15) is 12.4 Å². The van der Waals surface area contributed by atoms with Gasteiger partial charge in [0.25, 0.3) is 5.91 Å². The van der Waals surface area contributed by atoms with Gasteiger partial charge in [0, 0.05) is 24.9 Å². The fraction of sp³-hybridized carbons (Fsp3) is 0.278. The summed E-state index contributed by atoms with van der Waals surface area (Å²) in [4.78, 5) is 12.3. The van der Waals surface area contributed by atoms with Crippen molar-refractivity contribution in [2.24, 2.45) is 5.73 Å². The molecule has 5 nitrogen and oxygen atoms in total. The van der Waals surface area contributed by atoms with Gasteiger partial charge in [-0.1, -0.05) is 0 Å². The maximum atomic E-state index is 12.9. The van der Waals surface area contributed by atoms with Crippen LogP contribution in [0.5, 0.6) is 5.75 Å². The average Bonchev–Trinajstić information content (AvgIpc) is 2.61. The number of ether oxygens (including phenoxy) is 2. The Kier molecular flexibility index (Phi) is 6.59. The van der Waals surface area contributed by atoms with Gasteiger partial charge in [0.05, 0.1) is 12.2 Å². The van der Waals surface area contributed by atoms with Crippen LogP contribution in [-0.2, 0) is 17.5 Å². The second-order valence-corrected chi connectivity index (χ2v) is 5.44. The molecule has 0 aliphatic carbocycles. The molecular weight excluding hydrogens is 349 g/mol. The summed E-state index contributed by atoms with van der Waals surface area (Å²) in [7, 11) is 1.56. The van der Waals surface area contributed by atoms with Crippen molar-refractivity contribution in [2.75, 3.05) is 25.6 Å². The molecule has 2 aromatic carbocycles. The summed E-state index contributed by atoms with van der Waals surface area (Å²) < 4.78 is 49.1. The summed E-state index contributed by atoms with van der Waals surface area (Å²) in [5.74, 6) is 0.0267. The maximum Gasteiger partial charge on any atom is 0.416 e. The lowest BCUT2D eigenvalue weighted by Crippen LogP contribution is -2.14. The summed E-state index contributed by atoms with van der Waals surface area (Å²) in [6.07, 6.45) is -4.52. The van der Waals surface area contributed by atoms with Crippen molar-refractivity contribution >= 4 is 11.6 Å². The van der Waals surface area contributed by atoms with Gasteiger partial charge in [-0.2, -0.15) is 13.2 Å². The van der Waals surface area contributed by atoms with Crippen LogP contribution < -0.4 is 15.8 Å². The van der Waals surface area contributed by atoms with E-state index in [1.165, 1.54) is 18.2 Å². The second kappa shape index (κ2) is 8.68. The third-order valence-electron chi connectivity index (χ3n) is 3.49. The number of carbonyl (C=O) groups excluding carboxylic acids is 1. The molecule has 0 aliphatic rings. The van der Waals surface area contributed by atoms with Gasteiger partial charge in [-0.25, -0.2) is 0 Å². The molecule has 140 valence electrons. The number of carbonyl (C=O) groups is 1. The Labute approximate surface area is 148 Å². The molecule has 0 spiro atoms. The van der Waals surface area contributed by atoms with Gasteiger partial charge in [-0.05, 0) is 48.0 Å². The number of amides is 1. The van der Waals surface area contributed by atoms with Crippen LogP contribution in [0.3, 0.4) is 0 Å². The number of halogens is 3. The first-order valence-electron chi connectivity index (χ1n) is 7.78. The number of anilines is 1. The molecule has 3 N–H and O–H groups in total. The minimum Gasteiger partial charge on any atom is -0.491 e. The van der Waals surface area contributed by atoms with Crippen LogP contribution in [0.4, 0.5) is 18.9 Å². The van der Waals surface area contributed by atoms with Gasteiger partial charge in [0.2, 0.25) is 0 Å². The predicted octanol–water partition coefficient (Wildman–Crippen LogP) is 3.44. The van der Waals surface area contributed by atoms with Gasteiger partial charge in [-0.15, -0.1) is 0 Å². The van der Waals surface area contributed by atoms with Crippen LogP contribution in [0.25, 0.3) is 0 Å². The summed E-state index contributed by atoms with van der Waals surface area (Å²) in [6.45, 7) is 0.732. The first-order valence-corrected chi connectivity index (χ1v) is 7.78. The van der Waals surface area contributed by atoms with Crippen molar-refractivity contribution in [1.82, 2.24) is 0 Å². The van der Waals surface area contributed by atoms with Crippen molar-refractivity contribution < 1.29 is 27.4 Å². The molecule has 0 unspecified atom stereocenters. The van der Waals surface area contributed by atoms with Crippen molar-refractivity contribution in [1.29, 1.82) is 0 Å². The van der Waals surface area contributed by atoms with Crippen molar-refractivity contribution in [2.45, 2.75) is 12.7 Å². The van der Waals surface area contributed by atoms with Crippen LogP contribution in [0.1, 0.15) is 21.5 Å². The quantitative estimate of drug-likeness (QED) is 0.735. The molecule has 8 heteroatoms. The minimum atomic E-state index is -4.52. The lowest BCUT2D eigenvalue weighted by atomic mass is 10.1. The molecule has 0 heterocycles. The lowest BCUT2D eigenvalue weighted by Gasteiger charge is -2.13. The molecule has 26 heavy (non-hydrogen) atoms. The summed E-state index contributed by atoms with van der Waals surface area (Å²) in [5, 5.41) is 2.46. The maximum absolute atomic E-state index is 12.9. The largest absolute Gasteiger partial charge is 0.491 e. The number of alkyl halides is 3. The van der Waals surface area contributed by atoms with Gasteiger partial charge >= 0.3 is 6.18 Å². The number of nitrogens with one attached hydrogen (secondary N) is 1. The average molecular weight is 368 g/mol. The van der Waals surface area contributed by atoms with E-state index >= 15 is 0 Å². The number of methoxy groups -OCH3 is 1. The normalized spacial score (nSPS) is 11.3. The second-order valence-electron chi connectivity index (χ2n) is 5.44. The van der Waals surface area contributed by atoms with E-state index in [-0.39, 0.29) is 23.4 Å². The van der Waals surface area contributed by atoms with E-state index in [9.17, 15) is 18.0 Å². The standard InChI is InChI=1S/C18H19F3N2O3/c1-25-6-7-26-16-4-2-13(3-5-16)17(24)23-15-9-12(11-22)8-14(10-15)18(19,20)21/h2-5,8-10H,6-7,11,22H2,1H3,(H,23,24). The smallest absolute Gasteiger partial charge is 0.416 e. The van der Waals surface area contributed by atoms with E-state index in [1.54, 1.807) is 19.2 Å². The van der Waals surface area contributed by atoms with Crippen LogP contribution >= 0.6 is 0 Å². The molecule has 0 radical (unpaired) electrons. The van der Waals surface area contributed by atoms with Crippen LogP contribution in [-0.4, -0.2) is 26.2 Å². The number of hydrogen-bond donors (Lipinski definition) is 2. The van der Waals surface area contributed by atoms with Gasteiger partial charge in [0.15, 0.2) is 0 Å². The summed E-state index contributed by atoms with van der Waals surface area (Å²) >= 11 is 0. The molecular formula is C18H19F3N2O3. The summed E-state index contributed by atoms with van der Waals surface area (Å²) in [5.41, 5.74) is 5.17. The Balaban J connectivity index is 2.11. The molecule has 1 amide bonds. The highest BCUT2D eigenvalue weighted by molar-refractivity contribution is 6.04. The first kappa shape index (κ1) is 19.7. The van der Waals surface area contributed by atoms with Gasteiger partial charge < -0.3 is 20.5 Å². The van der Waals surface area contributed by atoms with E-state index in [1.807, 2.05) is 0 Å². The zero-order chi connectivity index (χ0) is 19.2. The highest BCUT2D eigenvalue weighted by Crippen LogP contribution is 2.32. The molecule has 0 bridgehead atoms. The number of rotatable bonds is 7. The molecule has 2 rings (SSSR count).